The average Bonchev–Trinajstić information content (AvgIpc) is 2.45. The lowest BCUT2D eigenvalue weighted by Gasteiger charge is -2.19. The highest BCUT2D eigenvalue weighted by Crippen LogP contribution is 2.26. The van der Waals surface area contributed by atoms with E-state index in [4.69, 9.17) is 5.73 Å². The number of rotatable bonds is 6. The molecule has 2 unspecified atom stereocenters. The molecule has 0 aliphatic carbocycles. The second kappa shape index (κ2) is 6.94. The molecule has 8 nitrogen and oxygen atoms in total. The van der Waals surface area contributed by atoms with Gasteiger partial charge in [0, 0.05) is 12.1 Å². The molecular weight excluding hydrogens is 268 g/mol. The number of carbonyl (C=O) groups is 1. The van der Waals surface area contributed by atoms with E-state index in [1.165, 1.54) is 6.07 Å². The number of hydrogen-bond donors (Lipinski definition) is 3. The van der Waals surface area contributed by atoms with Crippen LogP contribution in [0.15, 0.2) is 18.2 Å². The average molecular weight is 284 g/mol. The summed E-state index contributed by atoms with van der Waals surface area (Å²) < 4.78 is 4.52. The van der Waals surface area contributed by atoms with Crippen LogP contribution < -0.4 is 5.73 Å². The molecule has 0 saturated heterocycles. The summed E-state index contributed by atoms with van der Waals surface area (Å²) in [6.07, 6.45) is -2.43. The number of aliphatic hydroxyl groups is 2. The van der Waals surface area contributed by atoms with E-state index in [9.17, 15) is 25.1 Å². The molecule has 0 aromatic heterocycles. The van der Waals surface area contributed by atoms with Gasteiger partial charge in [0.05, 0.1) is 23.7 Å². The Hall–Kier alpha value is -2.03. The van der Waals surface area contributed by atoms with Crippen molar-refractivity contribution in [3.8, 4) is 0 Å². The standard InChI is InChI=1S/C12H16N2O6/c1-20-12(17)9-6-7(14(18)19)2-3-8(9)11(16)10(15)4-5-13/h2-3,6,10-11,15-16H,4-5,13H2,1H3. The maximum absolute atomic E-state index is 11.6. The molecule has 110 valence electrons. The smallest absolute Gasteiger partial charge is 0.338 e. The molecule has 0 fully saturated rings. The van der Waals surface area contributed by atoms with Gasteiger partial charge in [0.2, 0.25) is 0 Å². The van der Waals surface area contributed by atoms with Gasteiger partial charge >= 0.3 is 5.97 Å². The summed E-state index contributed by atoms with van der Waals surface area (Å²) in [7, 11) is 1.12. The Balaban J connectivity index is 3.24. The van der Waals surface area contributed by atoms with Gasteiger partial charge in [-0.2, -0.15) is 0 Å². The van der Waals surface area contributed by atoms with Crippen LogP contribution in [0.4, 0.5) is 5.69 Å². The fraction of sp³-hybridized carbons (Fsp3) is 0.417. The van der Waals surface area contributed by atoms with Crippen molar-refractivity contribution in [1.82, 2.24) is 0 Å². The number of carbonyl (C=O) groups excluding carboxylic acids is 1. The molecular formula is C12H16N2O6. The predicted octanol–water partition coefficient (Wildman–Crippen LogP) is 0.124. The molecule has 4 N–H and O–H groups in total. The normalized spacial score (nSPS) is 13.6. The van der Waals surface area contributed by atoms with Crippen molar-refractivity contribution >= 4 is 11.7 Å². The van der Waals surface area contributed by atoms with Crippen LogP contribution in [0.2, 0.25) is 0 Å². The number of esters is 1. The van der Waals surface area contributed by atoms with Crippen LogP contribution in [0.25, 0.3) is 0 Å². The van der Waals surface area contributed by atoms with Crippen LogP contribution in [0.1, 0.15) is 28.4 Å². The molecule has 0 heterocycles. The monoisotopic (exact) mass is 284 g/mol. The zero-order valence-corrected chi connectivity index (χ0v) is 10.9. The zero-order chi connectivity index (χ0) is 15.3. The van der Waals surface area contributed by atoms with Gasteiger partial charge in [-0.3, -0.25) is 10.1 Å². The van der Waals surface area contributed by atoms with Crippen molar-refractivity contribution in [2.24, 2.45) is 5.73 Å². The Morgan fingerprint density at radius 3 is 2.65 bits per heavy atom. The summed E-state index contributed by atoms with van der Waals surface area (Å²) in [4.78, 5) is 21.7. The Morgan fingerprint density at radius 2 is 2.15 bits per heavy atom. The maximum atomic E-state index is 11.6. The molecule has 20 heavy (non-hydrogen) atoms. The quantitative estimate of drug-likeness (QED) is 0.383. The van der Waals surface area contributed by atoms with Crippen LogP contribution in [0.3, 0.4) is 0 Å². The van der Waals surface area contributed by atoms with Gasteiger partial charge in [-0.1, -0.05) is 0 Å². The number of ether oxygens (including phenoxy) is 1. The fourth-order valence-corrected chi connectivity index (χ4v) is 1.74. The first-order valence-electron chi connectivity index (χ1n) is 5.85. The largest absolute Gasteiger partial charge is 0.465 e. The molecule has 0 aliphatic heterocycles. The minimum absolute atomic E-state index is 0.0587. The summed E-state index contributed by atoms with van der Waals surface area (Å²) in [5.41, 5.74) is 4.87. The van der Waals surface area contributed by atoms with E-state index in [0.29, 0.717) is 0 Å². The Bertz CT molecular complexity index is 505. The molecule has 8 heteroatoms. The number of hydrogen-bond acceptors (Lipinski definition) is 7. The van der Waals surface area contributed by atoms with Crippen LogP contribution in [-0.4, -0.2) is 40.9 Å². The Labute approximate surface area is 114 Å². The third-order valence-corrected chi connectivity index (χ3v) is 2.80. The van der Waals surface area contributed by atoms with Gasteiger partial charge in [0.1, 0.15) is 6.10 Å². The van der Waals surface area contributed by atoms with E-state index in [2.05, 4.69) is 4.74 Å². The number of benzene rings is 1. The third-order valence-electron chi connectivity index (χ3n) is 2.80. The van der Waals surface area contributed by atoms with Crippen LogP contribution >= 0.6 is 0 Å². The molecule has 0 aliphatic rings. The highest BCUT2D eigenvalue weighted by molar-refractivity contribution is 5.92. The van der Waals surface area contributed by atoms with Gasteiger partial charge in [-0.05, 0) is 24.6 Å². The fourth-order valence-electron chi connectivity index (χ4n) is 1.74. The maximum Gasteiger partial charge on any atom is 0.338 e. The van der Waals surface area contributed by atoms with Crippen molar-refractivity contribution in [1.29, 1.82) is 0 Å². The Kier molecular flexibility index (Phi) is 5.56. The van der Waals surface area contributed by atoms with Crippen molar-refractivity contribution in [3.05, 3.63) is 39.4 Å². The SMILES string of the molecule is COC(=O)c1cc([N+](=O)[O-])ccc1C(O)C(O)CCN. The molecule has 1 aromatic carbocycles. The van der Waals surface area contributed by atoms with Gasteiger partial charge in [0.15, 0.2) is 0 Å². The van der Waals surface area contributed by atoms with Crippen molar-refractivity contribution in [2.45, 2.75) is 18.6 Å². The van der Waals surface area contributed by atoms with E-state index < -0.39 is 23.1 Å². The number of nitro groups is 1. The number of non-ortho nitro benzene ring substituents is 1. The third kappa shape index (κ3) is 3.50. The first-order valence-corrected chi connectivity index (χ1v) is 5.85. The van der Waals surface area contributed by atoms with E-state index in [-0.39, 0.29) is 29.8 Å². The minimum atomic E-state index is -1.38. The number of nitrogens with zero attached hydrogens (tertiary/aromatic N) is 1. The first-order chi connectivity index (χ1) is 9.42. The first kappa shape index (κ1) is 16.0. The number of aliphatic hydroxyl groups excluding tert-OH is 2. The topological polar surface area (TPSA) is 136 Å². The number of nitrogens with two attached hydrogens (primary N) is 1. The minimum Gasteiger partial charge on any atom is -0.465 e. The summed E-state index contributed by atoms with van der Waals surface area (Å²) in [5, 5.41) is 30.4. The van der Waals surface area contributed by atoms with E-state index in [0.717, 1.165) is 19.2 Å². The Morgan fingerprint density at radius 1 is 1.50 bits per heavy atom. The van der Waals surface area contributed by atoms with Crippen molar-refractivity contribution in [3.63, 3.8) is 0 Å². The lowest BCUT2D eigenvalue weighted by molar-refractivity contribution is -0.384. The molecule has 0 spiro atoms. The lowest BCUT2D eigenvalue weighted by Crippen LogP contribution is -2.23. The highest BCUT2D eigenvalue weighted by Gasteiger charge is 2.25. The molecule has 0 saturated carbocycles. The summed E-state index contributed by atoms with van der Waals surface area (Å²) >= 11 is 0. The second-order valence-electron chi connectivity index (χ2n) is 4.11. The van der Waals surface area contributed by atoms with Crippen molar-refractivity contribution < 1.29 is 24.7 Å². The van der Waals surface area contributed by atoms with E-state index >= 15 is 0 Å². The molecule has 0 amide bonds. The molecule has 0 bridgehead atoms. The summed E-state index contributed by atoms with van der Waals surface area (Å²) in [6, 6.07) is 3.36. The van der Waals surface area contributed by atoms with Crippen LogP contribution in [0.5, 0.6) is 0 Å². The van der Waals surface area contributed by atoms with Crippen LogP contribution in [-0.2, 0) is 4.74 Å². The number of methoxy groups -OCH3 is 1. The van der Waals surface area contributed by atoms with Gasteiger partial charge < -0.3 is 20.7 Å². The van der Waals surface area contributed by atoms with E-state index in [1.54, 1.807) is 0 Å². The molecule has 2 atom stereocenters. The summed E-state index contributed by atoms with van der Waals surface area (Å²) in [6.45, 7) is 0.152. The second-order valence-corrected chi connectivity index (χ2v) is 4.11. The van der Waals surface area contributed by atoms with Gasteiger partial charge in [-0.15, -0.1) is 0 Å². The number of nitro benzene ring substituents is 1. The molecule has 1 aromatic rings. The molecule has 0 radical (unpaired) electrons. The van der Waals surface area contributed by atoms with Gasteiger partial charge in [-0.25, -0.2) is 4.79 Å². The van der Waals surface area contributed by atoms with Gasteiger partial charge in [0.25, 0.3) is 5.69 Å². The summed E-state index contributed by atoms with van der Waals surface area (Å²) in [5.74, 6) is -0.831. The highest BCUT2D eigenvalue weighted by atomic mass is 16.6. The molecule has 1 rings (SSSR count). The van der Waals surface area contributed by atoms with E-state index in [1.807, 2.05) is 0 Å². The van der Waals surface area contributed by atoms with Crippen LogP contribution in [0, 0.1) is 10.1 Å². The predicted molar refractivity (Wildman–Crippen MR) is 69.1 cm³/mol. The lowest BCUT2D eigenvalue weighted by atomic mass is 9.96. The zero-order valence-electron chi connectivity index (χ0n) is 10.9. The van der Waals surface area contributed by atoms with Crippen molar-refractivity contribution in [2.75, 3.05) is 13.7 Å².